The molecule has 0 aromatic heterocycles. The Kier molecular flexibility index (Phi) is 3.90. The molecule has 2 atom stereocenters. The fourth-order valence-electron chi connectivity index (χ4n) is 3.06. The Morgan fingerprint density at radius 2 is 2.06 bits per heavy atom. The molecule has 0 aliphatic heterocycles. The van der Waals surface area contributed by atoms with Gasteiger partial charge >= 0.3 is 0 Å². The van der Waals surface area contributed by atoms with E-state index >= 15 is 0 Å². The maximum absolute atomic E-state index is 5.25. The van der Waals surface area contributed by atoms with E-state index in [1.54, 1.807) is 7.11 Å². The second-order valence-electron chi connectivity index (χ2n) is 6.15. The van der Waals surface area contributed by atoms with E-state index in [1.165, 1.54) is 12.8 Å². The minimum absolute atomic E-state index is 0.459. The van der Waals surface area contributed by atoms with Crippen molar-refractivity contribution in [1.82, 2.24) is 0 Å². The maximum atomic E-state index is 5.25. The minimum Gasteiger partial charge on any atom is -0.496 e. The Bertz CT molecular complexity index is 431. The molecule has 1 aliphatic rings. The number of rotatable bonds is 3. The van der Waals surface area contributed by atoms with Crippen molar-refractivity contribution in [3.63, 3.8) is 0 Å². The van der Waals surface area contributed by atoms with Gasteiger partial charge in [-0.15, -0.1) is 0 Å². The highest BCUT2D eigenvalue weighted by molar-refractivity contribution is 9.10. The predicted molar refractivity (Wildman–Crippen MR) is 80.3 cm³/mol. The van der Waals surface area contributed by atoms with Crippen molar-refractivity contribution in [2.45, 2.75) is 39.7 Å². The third-order valence-corrected chi connectivity index (χ3v) is 4.46. The van der Waals surface area contributed by atoms with Crippen LogP contribution in [-0.2, 0) is 0 Å². The van der Waals surface area contributed by atoms with E-state index in [0.717, 1.165) is 21.8 Å². The first-order valence-corrected chi connectivity index (χ1v) is 7.31. The molecule has 0 amide bonds. The van der Waals surface area contributed by atoms with Crippen molar-refractivity contribution < 1.29 is 4.74 Å². The van der Waals surface area contributed by atoms with Crippen molar-refractivity contribution in [3.8, 4) is 5.75 Å². The summed E-state index contributed by atoms with van der Waals surface area (Å²) in [4.78, 5) is 0. The largest absolute Gasteiger partial charge is 0.496 e. The van der Waals surface area contributed by atoms with Gasteiger partial charge in [0.2, 0.25) is 0 Å². The molecule has 0 saturated heterocycles. The fraction of sp³-hybridized carbons (Fsp3) is 0.600. The van der Waals surface area contributed by atoms with Crippen molar-refractivity contribution in [1.29, 1.82) is 0 Å². The van der Waals surface area contributed by atoms with Crippen LogP contribution in [0.25, 0.3) is 0 Å². The van der Waals surface area contributed by atoms with Gasteiger partial charge in [0.15, 0.2) is 0 Å². The fourth-order valence-corrected chi connectivity index (χ4v) is 3.60. The molecule has 100 valence electrons. The van der Waals surface area contributed by atoms with E-state index in [9.17, 15) is 0 Å². The molecule has 2 unspecified atom stereocenters. The molecule has 18 heavy (non-hydrogen) atoms. The van der Waals surface area contributed by atoms with Crippen molar-refractivity contribution in [3.05, 3.63) is 22.7 Å². The minimum atomic E-state index is 0.459. The van der Waals surface area contributed by atoms with Gasteiger partial charge in [-0.3, -0.25) is 0 Å². The summed E-state index contributed by atoms with van der Waals surface area (Å²) in [6, 6.07) is 6.75. The van der Waals surface area contributed by atoms with Gasteiger partial charge in [-0.25, -0.2) is 0 Å². The Morgan fingerprint density at radius 1 is 1.33 bits per heavy atom. The number of nitrogens with one attached hydrogen (secondary N) is 1. The van der Waals surface area contributed by atoms with E-state index in [4.69, 9.17) is 4.74 Å². The van der Waals surface area contributed by atoms with Gasteiger partial charge in [-0.1, -0.05) is 20.8 Å². The highest BCUT2D eigenvalue weighted by Crippen LogP contribution is 2.42. The van der Waals surface area contributed by atoms with E-state index in [2.05, 4.69) is 54.2 Å². The van der Waals surface area contributed by atoms with Crippen LogP contribution in [0.4, 0.5) is 5.69 Å². The normalized spacial score (nSPS) is 26.1. The van der Waals surface area contributed by atoms with Crippen molar-refractivity contribution >= 4 is 21.6 Å². The average molecular weight is 312 g/mol. The molecule has 1 fully saturated rings. The zero-order valence-electron chi connectivity index (χ0n) is 11.6. The zero-order valence-corrected chi connectivity index (χ0v) is 13.2. The number of methoxy groups -OCH3 is 1. The molecule has 2 nitrogen and oxygen atoms in total. The van der Waals surface area contributed by atoms with Gasteiger partial charge in [0.25, 0.3) is 0 Å². The highest BCUT2D eigenvalue weighted by Gasteiger charge is 2.36. The van der Waals surface area contributed by atoms with Crippen molar-refractivity contribution in [2.75, 3.05) is 12.4 Å². The molecule has 2 rings (SSSR count). The van der Waals surface area contributed by atoms with Crippen LogP contribution in [0.3, 0.4) is 0 Å². The van der Waals surface area contributed by atoms with E-state index in [0.29, 0.717) is 11.5 Å². The summed E-state index contributed by atoms with van der Waals surface area (Å²) in [7, 11) is 1.69. The summed E-state index contributed by atoms with van der Waals surface area (Å²) in [5, 5.41) is 3.65. The molecular formula is C15H22BrNO. The molecule has 0 heterocycles. The van der Waals surface area contributed by atoms with Gasteiger partial charge in [-0.2, -0.15) is 0 Å². The summed E-state index contributed by atoms with van der Waals surface area (Å²) >= 11 is 3.53. The molecule has 1 aromatic rings. The molecule has 0 radical (unpaired) electrons. The summed E-state index contributed by atoms with van der Waals surface area (Å²) in [6.45, 7) is 7.05. The molecule has 3 heteroatoms. The molecule has 1 N–H and O–H groups in total. The topological polar surface area (TPSA) is 21.3 Å². The molecule has 1 aliphatic carbocycles. The maximum Gasteiger partial charge on any atom is 0.133 e. The monoisotopic (exact) mass is 311 g/mol. The Balaban J connectivity index is 2.08. The molecule has 1 saturated carbocycles. The SMILES string of the molecule is COc1ccc(NC2CC(C)(C)CC2C)cc1Br. The Morgan fingerprint density at radius 3 is 2.56 bits per heavy atom. The van der Waals surface area contributed by atoms with Crippen LogP contribution >= 0.6 is 15.9 Å². The van der Waals surface area contributed by atoms with Crippen molar-refractivity contribution in [2.24, 2.45) is 11.3 Å². The van der Waals surface area contributed by atoms with Gasteiger partial charge in [0, 0.05) is 11.7 Å². The molecule has 1 aromatic carbocycles. The molecular weight excluding hydrogens is 290 g/mol. The number of halogens is 1. The molecule has 0 spiro atoms. The van der Waals surface area contributed by atoms with Gasteiger partial charge in [0.1, 0.15) is 5.75 Å². The van der Waals surface area contributed by atoms with E-state index < -0.39 is 0 Å². The van der Waals surface area contributed by atoms with Gasteiger partial charge in [0.05, 0.1) is 11.6 Å². The summed E-state index contributed by atoms with van der Waals surface area (Å²) in [5.41, 5.74) is 1.62. The number of anilines is 1. The summed E-state index contributed by atoms with van der Waals surface area (Å²) < 4.78 is 6.25. The highest BCUT2D eigenvalue weighted by atomic mass is 79.9. The summed E-state index contributed by atoms with van der Waals surface area (Å²) in [5.74, 6) is 1.60. The van der Waals surface area contributed by atoms with Gasteiger partial charge in [-0.05, 0) is 58.3 Å². The predicted octanol–water partition coefficient (Wildman–Crippen LogP) is 4.69. The lowest BCUT2D eigenvalue weighted by Crippen LogP contribution is -2.22. The van der Waals surface area contributed by atoms with Gasteiger partial charge < -0.3 is 10.1 Å². The van der Waals surface area contributed by atoms with Crippen LogP contribution in [-0.4, -0.2) is 13.2 Å². The number of hydrogen-bond donors (Lipinski definition) is 1. The second kappa shape index (κ2) is 5.12. The van der Waals surface area contributed by atoms with Crippen LogP contribution in [0.1, 0.15) is 33.6 Å². The lowest BCUT2D eigenvalue weighted by atomic mass is 9.91. The first-order chi connectivity index (χ1) is 8.41. The quantitative estimate of drug-likeness (QED) is 0.874. The zero-order chi connectivity index (χ0) is 13.3. The van der Waals surface area contributed by atoms with Crippen LogP contribution in [0.2, 0.25) is 0 Å². The molecule has 0 bridgehead atoms. The number of hydrogen-bond acceptors (Lipinski definition) is 2. The number of ether oxygens (including phenoxy) is 1. The first-order valence-electron chi connectivity index (χ1n) is 6.51. The smallest absolute Gasteiger partial charge is 0.133 e. The third-order valence-electron chi connectivity index (χ3n) is 3.84. The number of benzene rings is 1. The Hall–Kier alpha value is -0.700. The average Bonchev–Trinajstić information content (AvgIpc) is 2.52. The van der Waals surface area contributed by atoms with Crippen LogP contribution in [0, 0.1) is 11.3 Å². The summed E-state index contributed by atoms with van der Waals surface area (Å²) in [6.07, 6.45) is 2.53. The van der Waals surface area contributed by atoms with E-state index in [1.807, 2.05) is 6.07 Å². The lowest BCUT2D eigenvalue weighted by molar-refractivity contribution is 0.366. The van der Waals surface area contributed by atoms with E-state index in [-0.39, 0.29) is 0 Å². The van der Waals surface area contributed by atoms with Crippen LogP contribution in [0.15, 0.2) is 22.7 Å². The lowest BCUT2D eigenvalue weighted by Gasteiger charge is -2.20. The standard InChI is InChI=1S/C15H22BrNO/c1-10-8-15(2,3)9-13(10)17-11-5-6-14(18-4)12(16)7-11/h5-7,10,13,17H,8-9H2,1-4H3. The second-order valence-corrected chi connectivity index (χ2v) is 7.00. The third kappa shape index (κ3) is 3.00. The first kappa shape index (κ1) is 13.7. The van der Waals surface area contributed by atoms with Crippen LogP contribution in [0.5, 0.6) is 5.75 Å². The Labute approximate surface area is 118 Å². The van der Waals surface area contributed by atoms with Crippen LogP contribution < -0.4 is 10.1 Å².